The van der Waals surface area contributed by atoms with Crippen LogP contribution in [0.25, 0.3) is 0 Å². The molecule has 0 unspecified atom stereocenters. The van der Waals surface area contributed by atoms with E-state index in [2.05, 4.69) is 26.1 Å². The number of unbranched alkanes of at least 4 members (excludes halogenated alkanes) is 2. The van der Waals surface area contributed by atoms with E-state index in [1.807, 2.05) is 0 Å². The molecule has 0 aromatic carbocycles. The highest BCUT2D eigenvalue weighted by molar-refractivity contribution is 5.75. The fourth-order valence-corrected chi connectivity index (χ4v) is 1.33. The van der Waals surface area contributed by atoms with Gasteiger partial charge < -0.3 is 5.32 Å². The molecule has 0 saturated carbocycles. The largest absolute Gasteiger partial charge is 0.356 e. The van der Waals surface area contributed by atoms with Crippen molar-refractivity contribution in [2.75, 3.05) is 6.54 Å². The molecule has 0 atom stereocenters. The van der Waals surface area contributed by atoms with Gasteiger partial charge in [-0.3, -0.25) is 4.79 Å². The van der Waals surface area contributed by atoms with Crippen molar-refractivity contribution < 1.29 is 4.79 Å². The number of nitrogens with one attached hydrogen (secondary N) is 1. The summed E-state index contributed by atoms with van der Waals surface area (Å²) in [7, 11) is 0. The van der Waals surface area contributed by atoms with Crippen LogP contribution in [0, 0.1) is 5.92 Å². The van der Waals surface area contributed by atoms with Gasteiger partial charge in [0.05, 0.1) is 0 Å². The molecule has 0 aromatic rings. The Morgan fingerprint density at radius 1 is 1.21 bits per heavy atom. The van der Waals surface area contributed by atoms with E-state index >= 15 is 0 Å². The van der Waals surface area contributed by atoms with Gasteiger partial charge in [-0.1, -0.05) is 40.0 Å². The molecule has 1 amide bonds. The van der Waals surface area contributed by atoms with E-state index < -0.39 is 0 Å². The van der Waals surface area contributed by atoms with E-state index in [1.54, 1.807) is 0 Å². The van der Waals surface area contributed by atoms with Crippen LogP contribution < -0.4 is 5.32 Å². The predicted octanol–water partition coefficient (Wildman–Crippen LogP) is 3.12. The van der Waals surface area contributed by atoms with Gasteiger partial charge in [0.1, 0.15) is 0 Å². The monoisotopic (exact) mass is 199 g/mol. The van der Waals surface area contributed by atoms with Crippen molar-refractivity contribution in [3.8, 4) is 0 Å². The average molecular weight is 199 g/mol. The standard InChI is InChI=1S/C12H25NO/c1-4-5-9-12(14)13-10-7-6-8-11(2)3/h11H,4-10H2,1-3H3,(H,13,14). The topological polar surface area (TPSA) is 29.1 Å². The molecule has 0 aliphatic carbocycles. The summed E-state index contributed by atoms with van der Waals surface area (Å²) in [6.45, 7) is 7.44. The molecule has 0 saturated heterocycles. The molecule has 1 N–H and O–H groups in total. The van der Waals surface area contributed by atoms with Gasteiger partial charge in [0.2, 0.25) is 5.91 Å². The lowest BCUT2D eigenvalue weighted by Gasteiger charge is -2.06. The summed E-state index contributed by atoms with van der Waals surface area (Å²) >= 11 is 0. The Bertz CT molecular complexity index is 143. The Kier molecular flexibility index (Phi) is 8.70. The first-order valence-electron chi connectivity index (χ1n) is 5.93. The maximum absolute atomic E-state index is 11.2. The lowest BCUT2D eigenvalue weighted by molar-refractivity contribution is -0.121. The fraction of sp³-hybridized carbons (Fsp3) is 0.917. The molecule has 0 fully saturated rings. The van der Waals surface area contributed by atoms with Crippen LogP contribution in [0.1, 0.15) is 59.3 Å². The van der Waals surface area contributed by atoms with Crippen LogP contribution in [0.4, 0.5) is 0 Å². The molecule has 0 aliphatic rings. The van der Waals surface area contributed by atoms with Gasteiger partial charge in [-0.15, -0.1) is 0 Å². The van der Waals surface area contributed by atoms with E-state index in [0.717, 1.165) is 31.7 Å². The Morgan fingerprint density at radius 3 is 2.50 bits per heavy atom. The zero-order valence-electron chi connectivity index (χ0n) is 9.94. The molecular formula is C12H25NO. The van der Waals surface area contributed by atoms with E-state index in [4.69, 9.17) is 0 Å². The molecule has 0 radical (unpaired) electrons. The fourth-order valence-electron chi connectivity index (χ4n) is 1.33. The molecular weight excluding hydrogens is 174 g/mol. The Hall–Kier alpha value is -0.530. The predicted molar refractivity (Wildman–Crippen MR) is 61.2 cm³/mol. The first-order chi connectivity index (χ1) is 6.66. The number of carbonyl (C=O) groups is 1. The number of hydrogen-bond acceptors (Lipinski definition) is 1. The van der Waals surface area contributed by atoms with Gasteiger partial charge in [0, 0.05) is 13.0 Å². The van der Waals surface area contributed by atoms with E-state index in [-0.39, 0.29) is 5.91 Å². The summed E-state index contributed by atoms with van der Waals surface area (Å²) in [4.78, 5) is 11.2. The maximum Gasteiger partial charge on any atom is 0.219 e. The first-order valence-corrected chi connectivity index (χ1v) is 5.93. The summed E-state index contributed by atoms with van der Waals surface area (Å²) in [5.74, 6) is 1.00. The smallest absolute Gasteiger partial charge is 0.219 e. The highest BCUT2D eigenvalue weighted by Gasteiger charge is 1.99. The summed E-state index contributed by atoms with van der Waals surface area (Å²) in [5, 5.41) is 2.95. The molecule has 0 bridgehead atoms. The third-order valence-electron chi connectivity index (χ3n) is 2.29. The number of hydrogen-bond donors (Lipinski definition) is 1. The van der Waals surface area contributed by atoms with E-state index in [1.165, 1.54) is 12.8 Å². The summed E-state index contributed by atoms with van der Waals surface area (Å²) in [6, 6.07) is 0. The minimum absolute atomic E-state index is 0.219. The van der Waals surface area contributed by atoms with Gasteiger partial charge in [0.25, 0.3) is 0 Å². The molecule has 0 aliphatic heterocycles. The highest BCUT2D eigenvalue weighted by Crippen LogP contribution is 2.05. The Balaban J connectivity index is 3.15. The summed E-state index contributed by atoms with van der Waals surface area (Å²) in [6.07, 6.45) is 6.42. The van der Waals surface area contributed by atoms with Crippen LogP contribution in [0.3, 0.4) is 0 Å². The lowest BCUT2D eigenvalue weighted by Crippen LogP contribution is -2.23. The Morgan fingerprint density at radius 2 is 1.93 bits per heavy atom. The normalized spacial score (nSPS) is 10.6. The van der Waals surface area contributed by atoms with Crippen LogP contribution >= 0.6 is 0 Å². The van der Waals surface area contributed by atoms with E-state index in [9.17, 15) is 4.79 Å². The van der Waals surface area contributed by atoms with Crippen molar-refractivity contribution in [3.05, 3.63) is 0 Å². The molecule has 2 heteroatoms. The van der Waals surface area contributed by atoms with Crippen molar-refractivity contribution in [2.24, 2.45) is 5.92 Å². The molecule has 2 nitrogen and oxygen atoms in total. The van der Waals surface area contributed by atoms with Gasteiger partial charge >= 0.3 is 0 Å². The van der Waals surface area contributed by atoms with Crippen LogP contribution in [0.15, 0.2) is 0 Å². The second kappa shape index (κ2) is 9.04. The molecule has 0 heterocycles. The van der Waals surface area contributed by atoms with Gasteiger partial charge in [-0.2, -0.15) is 0 Å². The quantitative estimate of drug-likeness (QED) is 0.598. The number of rotatable bonds is 8. The summed E-state index contributed by atoms with van der Waals surface area (Å²) < 4.78 is 0. The molecule has 14 heavy (non-hydrogen) atoms. The number of amides is 1. The minimum Gasteiger partial charge on any atom is -0.356 e. The van der Waals surface area contributed by atoms with E-state index in [0.29, 0.717) is 6.42 Å². The van der Waals surface area contributed by atoms with Crippen LogP contribution in [0.2, 0.25) is 0 Å². The highest BCUT2D eigenvalue weighted by atomic mass is 16.1. The van der Waals surface area contributed by atoms with Crippen LogP contribution in [0.5, 0.6) is 0 Å². The third-order valence-corrected chi connectivity index (χ3v) is 2.29. The van der Waals surface area contributed by atoms with Crippen molar-refractivity contribution in [1.82, 2.24) is 5.32 Å². The molecule has 0 aromatic heterocycles. The van der Waals surface area contributed by atoms with Crippen molar-refractivity contribution in [3.63, 3.8) is 0 Å². The van der Waals surface area contributed by atoms with Crippen molar-refractivity contribution >= 4 is 5.91 Å². The minimum atomic E-state index is 0.219. The molecule has 0 rings (SSSR count). The lowest BCUT2D eigenvalue weighted by atomic mass is 10.1. The van der Waals surface area contributed by atoms with Crippen molar-refractivity contribution in [2.45, 2.75) is 59.3 Å². The van der Waals surface area contributed by atoms with Gasteiger partial charge in [-0.25, -0.2) is 0 Å². The molecule has 84 valence electrons. The van der Waals surface area contributed by atoms with Crippen LogP contribution in [-0.2, 0) is 4.79 Å². The third kappa shape index (κ3) is 9.56. The van der Waals surface area contributed by atoms with Gasteiger partial charge in [0.15, 0.2) is 0 Å². The second-order valence-corrected chi connectivity index (χ2v) is 4.34. The van der Waals surface area contributed by atoms with Crippen molar-refractivity contribution in [1.29, 1.82) is 0 Å². The SMILES string of the molecule is CCCCC(=O)NCCCCC(C)C. The summed E-state index contributed by atoms with van der Waals surface area (Å²) in [5.41, 5.74) is 0. The first kappa shape index (κ1) is 13.5. The van der Waals surface area contributed by atoms with Gasteiger partial charge in [-0.05, 0) is 18.8 Å². The average Bonchev–Trinajstić information content (AvgIpc) is 2.13. The molecule has 0 spiro atoms. The second-order valence-electron chi connectivity index (χ2n) is 4.34. The Labute approximate surface area is 88.5 Å². The maximum atomic E-state index is 11.2. The zero-order valence-corrected chi connectivity index (χ0v) is 9.94. The number of carbonyl (C=O) groups excluding carboxylic acids is 1. The zero-order chi connectivity index (χ0) is 10.8. The van der Waals surface area contributed by atoms with Crippen LogP contribution in [-0.4, -0.2) is 12.5 Å².